The van der Waals surface area contributed by atoms with Crippen molar-refractivity contribution in [2.75, 3.05) is 0 Å². The van der Waals surface area contributed by atoms with Crippen LogP contribution in [-0.2, 0) is 12.2 Å². The van der Waals surface area contributed by atoms with Crippen LogP contribution in [0.1, 0.15) is 16.6 Å². The largest absolute Gasteiger partial charge is 0.440 e. The molecule has 0 N–H and O–H groups in total. The summed E-state index contributed by atoms with van der Waals surface area (Å²) in [6.07, 6.45) is 2.52. The van der Waals surface area contributed by atoms with Crippen LogP contribution in [0, 0.1) is 0 Å². The van der Waals surface area contributed by atoms with Crippen LogP contribution in [0.5, 0.6) is 0 Å². The van der Waals surface area contributed by atoms with E-state index in [0.29, 0.717) is 11.6 Å². The molecule has 3 heterocycles. The first kappa shape index (κ1) is 18.8. The summed E-state index contributed by atoms with van der Waals surface area (Å²) in [5, 5.41) is 11.9. The van der Waals surface area contributed by atoms with E-state index in [-0.39, 0.29) is 0 Å². The van der Waals surface area contributed by atoms with Gasteiger partial charge in [-0.15, -0.1) is 21.5 Å². The zero-order valence-electron chi connectivity index (χ0n) is 16.0. The maximum absolute atomic E-state index is 5.94. The van der Waals surface area contributed by atoms with Crippen molar-refractivity contribution in [2.45, 2.75) is 17.3 Å². The maximum atomic E-state index is 5.94. The van der Waals surface area contributed by atoms with Crippen LogP contribution >= 0.6 is 23.1 Å². The van der Waals surface area contributed by atoms with Gasteiger partial charge in [-0.25, -0.2) is 4.98 Å². The van der Waals surface area contributed by atoms with E-state index in [4.69, 9.17) is 4.42 Å². The molecule has 0 aliphatic rings. The summed E-state index contributed by atoms with van der Waals surface area (Å²) in [6, 6.07) is 24.4. The third-order valence-corrected chi connectivity index (χ3v) is 6.35. The van der Waals surface area contributed by atoms with Crippen LogP contribution < -0.4 is 0 Å². The molecule has 2 aromatic carbocycles. The quantitative estimate of drug-likeness (QED) is 0.302. The number of oxazole rings is 1. The van der Waals surface area contributed by atoms with Gasteiger partial charge in [0.15, 0.2) is 10.9 Å². The van der Waals surface area contributed by atoms with Crippen LogP contribution in [0.25, 0.3) is 17.0 Å². The topological polar surface area (TPSA) is 56.7 Å². The summed E-state index contributed by atoms with van der Waals surface area (Å²) in [6.45, 7) is 0. The third kappa shape index (κ3) is 4.08. The molecule has 0 atom stereocenters. The van der Waals surface area contributed by atoms with Crippen molar-refractivity contribution < 1.29 is 4.42 Å². The smallest absolute Gasteiger partial charge is 0.205 e. The molecule has 148 valence electrons. The Hall–Kier alpha value is -3.16. The molecule has 30 heavy (non-hydrogen) atoms. The van der Waals surface area contributed by atoms with Crippen LogP contribution in [-0.4, -0.2) is 19.7 Å². The van der Waals surface area contributed by atoms with Gasteiger partial charge in [-0.05, 0) is 23.6 Å². The number of aromatic nitrogens is 4. The third-order valence-electron chi connectivity index (χ3n) is 4.56. The molecule has 5 nitrogen and oxygen atoms in total. The highest BCUT2D eigenvalue weighted by molar-refractivity contribution is 7.98. The molecule has 0 saturated heterocycles. The van der Waals surface area contributed by atoms with E-state index in [9.17, 15) is 0 Å². The molecular formula is C23H18N4OS2. The minimum Gasteiger partial charge on any atom is -0.440 e. The predicted octanol–water partition coefficient (Wildman–Crippen LogP) is 5.87. The second kappa shape index (κ2) is 8.69. The average molecular weight is 431 g/mol. The summed E-state index contributed by atoms with van der Waals surface area (Å²) in [4.78, 5) is 5.69. The molecule has 7 heteroatoms. The highest BCUT2D eigenvalue weighted by Gasteiger charge is 2.16. The van der Waals surface area contributed by atoms with Crippen molar-refractivity contribution in [3.8, 4) is 17.0 Å². The van der Waals surface area contributed by atoms with Gasteiger partial charge in [0.25, 0.3) is 0 Å². The fourth-order valence-electron chi connectivity index (χ4n) is 3.15. The number of hydrogen-bond donors (Lipinski definition) is 0. The Morgan fingerprint density at radius 1 is 0.900 bits per heavy atom. The van der Waals surface area contributed by atoms with Crippen molar-refractivity contribution in [1.29, 1.82) is 0 Å². The molecule has 0 saturated carbocycles. The van der Waals surface area contributed by atoms with Crippen molar-refractivity contribution in [3.05, 3.63) is 101 Å². The molecule has 5 aromatic rings. The lowest BCUT2D eigenvalue weighted by molar-refractivity contribution is 0.529. The fourth-order valence-corrected chi connectivity index (χ4v) is 4.68. The van der Waals surface area contributed by atoms with Gasteiger partial charge < -0.3 is 4.42 Å². The summed E-state index contributed by atoms with van der Waals surface area (Å²) < 4.78 is 8.06. The predicted molar refractivity (Wildman–Crippen MR) is 120 cm³/mol. The molecule has 0 spiro atoms. The Balaban J connectivity index is 1.39. The van der Waals surface area contributed by atoms with Crippen LogP contribution in [0.2, 0.25) is 0 Å². The first-order valence-corrected chi connectivity index (χ1v) is 11.4. The number of rotatable bonds is 7. The van der Waals surface area contributed by atoms with E-state index >= 15 is 0 Å². The van der Waals surface area contributed by atoms with Gasteiger partial charge in [0, 0.05) is 22.5 Å². The summed E-state index contributed by atoms with van der Waals surface area (Å²) in [7, 11) is 0. The molecule has 3 aromatic heterocycles. The number of hydrogen-bond acceptors (Lipinski definition) is 6. The Labute approximate surface area is 182 Å². The Morgan fingerprint density at radius 2 is 1.70 bits per heavy atom. The molecule has 0 amide bonds. The lowest BCUT2D eigenvalue weighted by atomic mass is 10.2. The monoisotopic (exact) mass is 430 g/mol. The average Bonchev–Trinajstić information content (AvgIpc) is 3.55. The van der Waals surface area contributed by atoms with Gasteiger partial charge in [-0.1, -0.05) is 66.4 Å². The molecule has 5 rings (SSSR count). The highest BCUT2D eigenvalue weighted by atomic mass is 32.2. The van der Waals surface area contributed by atoms with E-state index in [1.807, 2.05) is 48.5 Å². The highest BCUT2D eigenvalue weighted by Crippen LogP contribution is 2.28. The van der Waals surface area contributed by atoms with Gasteiger partial charge in [0.1, 0.15) is 5.82 Å². The van der Waals surface area contributed by atoms with Gasteiger partial charge in [-0.2, -0.15) is 0 Å². The lowest BCUT2D eigenvalue weighted by Gasteiger charge is -2.09. The van der Waals surface area contributed by atoms with Gasteiger partial charge in [0.05, 0.1) is 11.9 Å². The van der Waals surface area contributed by atoms with E-state index in [1.165, 1.54) is 4.88 Å². The molecule has 0 aliphatic carbocycles. The van der Waals surface area contributed by atoms with E-state index in [0.717, 1.165) is 34.4 Å². The molecule has 0 aliphatic heterocycles. The standard InChI is InChI=1S/C23H18N4OS2/c1-3-8-17(9-4-1)20-15-24-22(28-20)16-30-23-26-25-21(14-19-12-7-13-29-19)27(23)18-10-5-2-6-11-18/h1-13,15H,14,16H2. The molecule has 0 bridgehead atoms. The van der Waals surface area contributed by atoms with Crippen LogP contribution in [0.15, 0.2) is 93.9 Å². The van der Waals surface area contributed by atoms with Crippen molar-refractivity contribution in [3.63, 3.8) is 0 Å². The van der Waals surface area contributed by atoms with Gasteiger partial charge >= 0.3 is 0 Å². The van der Waals surface area contributed by atoms with Crippen LogP contribution in [0.3, 0.4) is 0 Å². The Bertz CT molecular complexity index is 1210. The minimum atomic E-state index is 0.580. The number of para-hydroxylation sites is 1. The van der Waals surface area contributed by atoms with Crippen LogP contribution in [0.4, 0.5) is 0 Å². The molecule has 0 radical (unpaired) electrons. The zero-order chi connectivity index (χ0) is 20.2. The van der Waals surface area contributed by atoms with Crippen molar-refractivity contribution in [2.24, 2.45) is 0 Å². The fraction of sp³-hybridized carbons (Fsp3) is 0.0870. The van der Waals surface area contributed by atoms with Crippen molar-refractivity contribution in [1.82, 2.24) is 19.7 Å². The number of thioether (sulfide) groups is 1. The van der Waals surface area contributed by atoms with Crippen molar-refractivity contribution >= 4 is 23.1 Å². The van der Waals surface area contributed by atoms with Gasteiger partial charge in [-0.3, -0.25) is 4.57 Å². The SMILES string of the molecule is c1ccc(-c2cnc(CSc3nnc(Cc4cccs4)n3-c3ccccc3)o2)cc1. The second-order valence-corrected chi connectivity index (χ2v) is 8.57. The zero-order valence-corrected chi connectivity index (χ0v) is 17.6. The second-order valence-electron chi connectivity index (χ2n) is 6.60. The van der Waals surface area contributed by atoms with E-state index in [2.05, 4.69) is 49.4 Å². The Kier molecular flexibility index (Phi) is 5.46. The first-order valence-electron chi connectivity index (χ1n) is 9.52. The number of thiophene rings is 1. The maximum Gasteiger partial charge on any atom is 0.205 e. The minimum absolute atomic E-state index is 0.580. The molecule has 0 fully saturated rings. The number of nitrogens with zero attached hydrogens (tertiary/aromatic N) is 4. The number of benzene rings is 2. The van der Waals surface area contributed by atoms with Gasteiger partial charge in [0.2, 0.25) is 5.89 Å². The lowest BCUT2D eigenvalue weighted by Crippen LogP contribution is -2.03. The summed E-state index contributed by atoms with van der Waals surface area (Å²) in [5.74, 6) is 2.94. The van der Waals surface area contributed by atoms with E-state index < -0.39 is 0 Å². The first-order chi connectivity index (χ1) is 14.9. The normalized spacial score (nSPS) is 11.1. The molecule has 0 unspecified atom stereocenters. The summed E-state index contributed by atoms with van der Waals surface area (Å²) >= 11 is 3.30. The molecular weight excluding hydrogens is 412 g/mol. The summed E-state index contributed by atoms with van der Waals surface area (Å²) in [5.41, 5.74) is 2.07. The van der Waals surface area contributed by atoms with E-state index in [1.54, 1.807) is 29.3 Å². The Morgan fingerprint density at radius 3 is 2.47 bits per heavy atom.